The molecule has 342 valence electrons. The fourth-order valence-corrected chi connectivity index (χ4v) is 6.39. The van der Waals surface area contributed by atoms with Gasteiger partial charge in [-0.2, -0.15) is 0 Å². The number of ketones is 1. The molecule has 0 aliphatic carbocycles. The number of halogens is 3. The molecule has 0 atom stereocenters. The molecule has 6 rings (SSSR count). The number of Topliss-reactive ketones (excluding diaryl/α,β-unsaturated/α-hetero) is 1. The van der Waals surface area contributed by atoms with Crippen molar-refractivity contribution < 1.29 is 163 Å². The smallest absolute Gasteiger partial charge is 1.00 e. The number of aromatic nitrogens is 4. The first kappa shape index (κ1) is 63.2. The molecule has 0 saturated heterocycles. The van der Waals surface area contributed by atoms with Gasteiger partial charge in [-0.05, 0) is 101 Å². The normalized spacial score (nSPS) is 9.88. The van der Waals surface area contributed by atoms with Crippen molar-refractivity contribution in [1.29, 1.82) is 0 Å². The van der Waals surface area contributed by atoms with Crippen LogP contribution in [0.3, 0.4) is 0 Å². The molecule has 66 heavy (non-hydrogen) atoms. The van der Waals surface area contributed by atoms with Crippen molar-refractivity contribution in [3.8, 4) is 34.0 Å². The summed E-state index contributed by atoms with van der Waals surface area (Å²) in [5, 5.41) is 39.5. The summed E-state index contributed by atoms with van der Waals surface area (Å²) >= 11 is 14.4. The van der Waals surface area contributed by atoms with E-state index in [1.54, 1.807) is 48.5 Å². The van der Waals surface area contributed by atoms with Gasteiger partial charge >= 0.3 is 115 Å². The van der Waals surface area contributed by atoms with Gasteiger partial charge in [0.05, 0.1) is 35.4 Å². The van der Waals surface area contributed by atoms with Gasteiger partial charge in [-0.25, -0.2) is 5.90 Å². The molecule has 18 nitrogen and oxygen atoms in total. The molecular formula is C41H41Cl3K2N6O12S2. The molecule has 0 spiro atoms. The third-order valence-corrected chi connectivity index (χ3v) is 9.73. The molecule has 0 saturated carbocycles. The standard InChI is InChI=1S/C20H18ClN3O4S.C19H15ClN2O4S.CH5NO.CH2O3.ClH.2K.H/c1-27-23-17(10-11-19(25)26)13-4-8-16(9-5-13)28-12-18-20(22-24-29-18)14-2-6-15(21)7-3-14;20-14-5-1-13(2-6-14)19-17(27-22-21-19)11-26-15-7-3-12(4-8-15)16(23)9-10-18(24)25;1-3-2;2-1-4-3;;;;/h2-9H,10-12H2,1H3,(H,25,26);1-8H,9-11H2,(H,24,25);2H2,1H3;1,3H;1H;;;/q;;;;;2*+1;-1/p-1/b23-17-;;;;;;;. The van der Waals surface area contributed by atoms with Crippen molar-refractivity contribution in [2.45, 2.75) is 38.9 Å². The maximum Gasteiger partial charge on any atom is 1.00 e. The summed E-state index contributed by atoms with van der Waals surface area (Å²) in [6.07, 6.45) is 0.0577. The summed E-state index contributed by atoms with van der Waals surface area (Å²) in [5.41, 5.74) is 5.16. The SMILES string of the molecule is CO/N=C(/CCC(=O)O)c1ccc(OCc2snnc2-c2ccc(Cl)cc2)cc1.CON.Cl.O=C(O)CCC(=O)c1ccc(OCc2snnc2-c2ccc(Cl)cc2)cc1.O=CO[O-].[H-].[K+].[K+]. The number of carboxylic acid groups (broad SMARTS) is 2. The van der Waals surface area contributed by atoms with Crippen LogP contribution in [0.1, 0.15) is 52.8 Å². The Hall–Kier alpha value is -2.83. The molecule has 0 amide bonds. The van der Waals surface area contributed by atoms with Crippen molar-refractivity contribution in [1.82, 2.24) is 19.2 Å². The maximum atomic E-state index is 11.9. The minimum Gasteiger partial charge on any atom is -1.00 e. The minimum absolute atomic E-state index is 0. The molecule has 2 heterocycles. The Morgan fingerprint density at radius 1 is 0.697 bits per heavy atom. The molecule has 2 aromatic heterocycles. The summed E-state index contributed by atoms with van der Waals surface area (Å²) in [7, 11) is 2.83. The predicted molar refractivity (Wildman–Crippen MR) is 241 cm³/mol. The van der Waals surface area contributed by atoms with E-state index in [9.17, 15) is 14.4 Å². The number of hydrogen-bond donors (Lipinski definition) is 3. The second kappa shape index (κ2) is 36.2. The number of oxime groups is 1. The van der Waals surface area contributed by atoms with Crippen LogP contribution in [-0.4, -0.2) is 73.5 Å². The molecule has 0 radical (unpaired) electrons. The summed E-state index contributed by atoms with van der Waals surface area (Å²) in [6, 6.07) is 28.6. The fourth-order valence-electron chi connectivity index (χ4n) is 4.98. The Kier molecular flexibility index (Phi) is 34.6. The number of carbonyl (C=O) groups is 4. The minimum atomic E-state index is -0.988. The Morgan fingerprint density at radius 3 is 1.44 bits per heavy atom. The van der Waals surface area contributed by atoms with Crippen LogP contribution in [0.25, 0.3) is 22.5 Å². The zero-order chi connectivity index (χ0) is 46.0. The zero-order valence-corrected chi connectivity index (χ0v) is 46.0. The second-order valence-corrected chi connectivity index (χ2v) is 14.6. The Balaban J connectivity index is 0. The predicted octanol–water partition coefficient (Wildman–Crippen LogP) is 1.62. The van der Waals surface area contributed by atoms with E-state index in [4.69, 9.17) is 57.8 Å². The van der Waals surface area contributed by atoms with Gasteiger partial charge < -0.3 is 40.9 Å². The van der Waals surface area contributed by atoms with Crippen LogP contribution in [0.5, 0.6) is 11.5 Å². The molecule has 0 unspecified atom stereocenters. The average Bonchev–Trinajstić information content (AvgIpc) is 3.97. The largest absolute Gasteiger partial charge is 1.00 e. The van der Waals surface area contributed by atoms with Crippen LogP contribution in [0.4, 0.5) is 0 Å². The van der Waals surface area contributed by atoms with Crippen LogP contribution < -0.4 is 123 Å². The van der Waals surface area contributed by atoms with Gasteiger partial charge in [0.25, 0.3) is 6.47 Å². The van der Waals surface area contributed by atoms with E-state index in [-0.39, 0.29) is 155 Å². The topological polar surface area (TPSA) is 268 Å². The first-order valence-corrected chi connectivity index (χ1v) is 20.3. The van der Waals surface area contributed by atoms with Gasteiger partial charge in [0.2, 0.25) is 0 Å². The molecule has 4 N–H and O–H groups in total. The molecule has 0 fully saturated rings. The molecule has 25 heteroatoms. The first-order valence-electron chi connectivity index (χ1n) is 18.0. The molecule has 6 aromatic rings. The Morgan fingerprint density at radius 2 is 1.08 bits per heavy atom. The van der Waals surface area contributed by atoms with Crippen LogP contribution in [0.15, 0.2) is 102 Å². The van der Waals surface area contributed by atoms with Gasteiger partial charge in [-0.15, -0.1) is 22.6 Å². The molecule has 0 bridgehead atoms. The van der Waals surface area contributed by atoms with E-state index < -0.39 is 11.9 Å². The summed E-state index contributed by atoms with van der Waals surface area (Å²) < 4.78 is 19.7. The number of ether oxygens (including phenoxy) is 2. The van der Waals surface area contributed by atoms with Crippen molar-refractivity contribution in [3.63, 3.8) is 0 Å². The quantitative estimate of drug-likeness (QED) is 0.0276. The average molecular weight is 1060 g/mol. The number of rotatable bonds is 18. The van der Waals surface area contributed by atoms with E-state index in [1.165, 1.54) is 37.3 Å². The summed E-state index contributed by atoms with van der Waals surface area (Å²) in [4.78, 5) is 54.9. The number of hydrogen-bond acceptors (Lipinski definition) is 18. The number of carbonyl (C=O) groups excluding carboxylic acids is 2. The van der Waals surface area contributed by atoms with Crippen LogP contribution in [0.2, 0.25) is 10.0 Å². The van der Waals surface area contributed by atoms with Crippen molar-refractivity contribution in [2.75, 3.05) is 14.2 Å². The maximum absolute atomic E-state index is 11.9. The molecule has 4 aromatic carbocycles. The number of carboxylic acids is 2. The third-order valence-electron chi connectivity index (χ3n) is 7.83. The van der Waals surface area contributed by atoms with Crippen molar-refractivity contribution in [2.24, 2.45) is 11.1 Å². The second-order valence-electron chi connectivity index (χ2n) is 12.1. The molecule has 0 aliphatic heterocycles. The Labute approximate surface area is 490 Å². The first-order chi connectivity index (χ1) is 30.4. The monoisotopic (exact) mass is 1060 g/mol. The molecular weight excluding hydrogens is 1020 g/mol. The van der Waals surface area contributed by atoms with Gasteiger partial charge in [0.15, 0.2) is 5.78 Å². The summed E-state index contributed by atoms with van der Waals surface area (Å²) in [5.74, 6) is 3.53. The number of benzene rings is 4. The number of nitrogens with two attached hydrogens (primary N) is 1. The van der Waals surface area contributed by atoms with Gasteiger partial charge in [0, 0.05) is 39.6 Å². The number of nitrogens with zero attached hydrogens (tertiary/aromatic N) is 5. The van der Waals surface area contributed by atoms with Crippen LogP contribution in [-0.2, 0) is 42.2 Å². The zero-order valence-electron chi connectivity index (χ0n) is 36.8. The summed E-state index contributed by atoms with van der Waals surface area (Å²) in [6.45, 7) is 0.439. The van der Waals surface area contributed by atoms with E-state index in [0.29, 0.717) is 46.0 Å². The van der Waals surface area contributed by atoms with E-state index in [1.807, 2.05) is 48.5 Å². The Bertz CT molecular complexity index is 2370. The van der Waals surface area contributed by atoms with Gasteiger partial charge in [-0.3, -0.25) is 19.2 Å². The third kappa shape index (κ3) is 23.5. The van der Waals surface area contributed by atoms with Crippen LogP contribution in [0, 0.1) is 0 Å². The van der Waals surface area contributed by atoms with Crippen LogP contribution >= 0.6 is 58.7 Å². The van der Waals surface area contributed by atoms with Crippen molar-refractivity contribution in [3.05, 3.63) is 128 Å². The number of aliphatic carboxylic acids is 2. The van der Waals surface area contributed by atoms with Gasteiger partial charge in [0.1, 0.15) is 43.2 Å². The van der Waals surface area contributed by atoms with E-state index >= 15 is 0 Å². The molecule has 0 aliphatic rings. The van der Waals surface area contributed by atoms with Crippen molar-refractivity contribution >= 4 is 88.6 Å². The van der Waals surface area contributed by atoms with E-state index in [2.05, 4.69) is 40.0 Å². The van der Waals surface area contributed by atoms with E-state index in [0.717, 1.165) is 37.8 Å². The van der Waals surface area contributed by atoms with Gasteiger partial charge in [-0.1, -0.05) is 61.6 Å². The fraction of sp³-hybridized carbons (Fsp3) is 0.195.